The van der Waals surface area contributed by atoms with Crippen molar-refractivity contribution in [3.8, 4) is 5.75 Å². The van der Waals surface area contributed by atoms with Crippen molar-refractivity contribution in [3.63, 3.8) is 0 Å². The van der Waals surface area contributed by atoms with E-state index in [2.05, 4.69) is 4.72 Å². The topological polar surface area (TPSA) is 68.5 Å². The Kier molecular flexibility index (Phi) is 6.53. The van der Waals surface area contributed by atoms with Gasteiger partial charge in [0.25, 0.3) is 0 Å². The Labute approximate surface area is 171 Å². The molecule has 0 aliphatic carbocycles. The van der Waals surface area contributed by atoms with Crippen LogP contribution in [0.25, 0.3) is 10.8 Å². The zero-order chi connectivity index (χ0) is 17.6. The van der Waals surface area contributed by atoms with Gasteiger partial charge in [-0.15, -0.1) is 6.54 Å². The van der Waals surface area contributed by atoms with Crippen molar-refractivity contribution in [1.29, 1.82) is 0 Å². The number of aromatic hydroxyl groups is 1. The summed E-state index contributed by atoms with van der Waals surface area (Å²) in [5.41, 5.74) is 1.97. The Bertz CT molecular complexity index is 718. The molecule has 6 heteroatoms. The molecule has 2 rings (SSSR count). The van der Waals surface area contributed by atoms with Gasteiger partial charge in [-0.1, -0.05) is 41.5 Å². The second kappa shape index (κ2) is 7.18. The van der Waals surface area contributed by atoms with Crippen LogP contribution in [0.15, 0.2) is 17.0 Å². The number of phenols is 1. The first-order chi connectivity index (χ1) is 10.3. The van der Waals surface area contributed by atoms with Gasteiger partial charge >= 0.3 is 0 Å². The minimum absolute atomic E-state index is 0. The molecule has 1 radical (unpaired) electrons. The summed E-state index contributed by atoms with van der Waals surface area (Å²) in [7, 11) is -3.47. The summed E-state index contributed by atoms with van der Waals surface area (Å²) in [5, 5.41) is 10.7. The smallest absolute Gasteiger partial charge is 0.123 e. The molecular formula is C18H26NO3SY-. The predicted molar refractivity (Wildman–Crippen MR) is 95.2 cm³/mol. The van der Waals surface area contributed by atoms with E-state index in [1.165, 1.54) is 0 Å². The number of hydrogen-bond donors (Lipinski definition) is 1. The fourth-order valence-corrected chi connectivity index (χ4v) is 3.84. The maximum Gasteiger partial charge on any atom is 0.123 e. The third-order valence-corrected chi connectivity index (χ3v) is 5.53. The van der Waals surface area contributed by atoms with Gasteiger partial charge in [0.15, 0.2) is 0 Å². The molecule has 0 aromatic heterocycles. The van der Waals surface area contributed by atoms with Crippen LogP contribution >= 0.6 is 0 Å². The van der Waals surface area contributed by atoms with Crippen LogP contribution in [0.2, 0.25) is 0 Å². The maximum atomic E-state index is 11.9. The standard InChI is InChI=1S/C18H26NO3S.Y/c1-17(2,3)14-10-12(9-13-7-8-19-23(13,21)22)11-15(16(14)20)18(4,5)6;/h9-11,20H,7-8H2,1-6H3;/q-1;/b13-9+;. The van der Waals surface area contributed by atoms with E-state index < -0.39 is 10.0 Å². The van der Waals surface area contributed by atoms with Gasteiger partial charge in [0.05, 0.1) is 10.0 Å². The molecule has 0 saturated carbocycles. The molecule has 0 unspecified atom stereocenters. The number of nitrogens with zero attached hydrogens (tertiary/aromatic N) is 1. The SMILES string of the molecule is CC(C)(C)c1cc(/C=C2\CC[N-]S2(=O)=O)cc(C(C)(C)C)c1O.[Y]. The van der Waals surface area contributed by atoms with Crippen LogP contribution < -0.4 is 0 Å². The van der Waals surface area contributed by atoms with Gasteiger partial charge < -0.3 is 9.83 Å². The molecule has 1 aliphatic rings. The fourth-order valence-electron chi connectivity index (χ4n) is 2.70. The van der Waals surface area contributed by atoms with Crippen LogP contribution in [0, 0.1) is 0 Å². The summed E-state index contributed by atoms with van der Waals surface area (Å²) in [5.74, 6) is 0.297. The third kappa shape index (κ3) is 4.69. The van der Waals surface area contributed by atoms with Crippen LogP contribution in [-0.2, 0) is 53.6 Å². The van der Waals surface area contributed by atoms with Crippen molar-refractivity contribution in [1.82, 2.24) is 0 Å². The average molecular weight is 425 g/mol. The third-order valence-electron chi connectivity index (χ3n) is 4.03. The van der Waals surface area contributed by atoms with E-state index in [0.717, 1.165) is 16.7 Å². The van der Waals surface area contributed by atoms with E-state index in [1.807, 2.05) is 53.7 Å². The first-order valence-electron chi connectivity index (χ1n) is 7.85. The van der Waals surface area contributed by atoms with Crippen molar-refractivity contribution in [3.05, 3.63) is 38.5 Å². The molecule has 1 fully saturated rings. The van der Waals surface area contributed by atoms with Gasteiger partial charge in [0, 0.05) is 48.7 Å². The minimum atomic E-state index is -3.47. The molecule has 1 aliphatic heterocycles. The van der Waals surface area contributed by atoms with Crippen LogP contribution in [0.1, 0.15) is 64.7 Å². The molecule has 24 heavy (non-hydrogen) atoms. The maximum absolute atomic E-state index is 11.9. The van der Waals surface area contributed by atoms with E-state index in [4.69, 9.17) is 0 Å². The molecule has 0 atom stereocenters. The molecule has 1 saturated heterocycles. The summed E-state index contributed by atoms with van der Waals surface area (Å²) < 4.78 is 27.5. The van der Waals surface area contributed by atoms with Crippen LogP contribution in [-0.4, -0.2) is 20.1 Å². The second-order valence-corrected chi connectivity index (χ2v) is 9.89. The van der Waals surface area contributed by atoms with Crippen molar-refractivity contribution < 1.29 is 46.2 Å². The Hall–Kier alpha value is -0.226. The van der Waals surface area contributed by atoms with Gasteiger partial charge in [-0.25, -0.2) is 8.42 Å². The van der Waals surface area contributed by atoms with Crippen LogP contribution in [0.4, 0.5) is 0 Å². The van der Waals surface area contributed by atoms with Crippen molar-refractivity contribution in [2.24, 2.45) is 0 Å². The zero-order valence-electron chi connectivity index (χ0n) is 15.3. The van der Waals surface area contributed by atoms with Gasteiger partial charge in [0.2, 0.25) is 0 Å². The molecule has 0 amide bonds. The second-order valence-electron chi connectivity index (χ2n) is 8.15. The van der Waals surface area contributed by atoms with Crippen LogP contribution in [0.5, 0.6) is 5.75 Å². The summed E-state index contributed by atoms with van der Waals surface area (Å²) in [6.07, 6.45) is 2.13. The van der Waals surface area contributed by atoms with Gasteiger partial charge in [-0.2, -0.15) is 0 Å². The Morgan fingerprint density at radius 2 is 1.50 bits per heavy atom. The molecule has 4 nitrogen and oxygen atoms in total. The quantitative estimate of drug-likeness (QED) is 0.724. The molecule has 1 N–H and O–H groups in total. The molecule has 0 bridgehead atoms. The van der Waals surface area contributed by atoms with E-state index in [-0.39, 0.29) is 43.5 Å². The van der Waals surface area contributed by atoms with Gasteiger partial charge in [-0.05, 0) is 41.0 Å². The normalized spacial score (nSPS) is 19.3. The Morgan fingerprint density at radius 3 is 1.83 bits per heavy atom. The Morgan fingerprint density at radius 1 is 1.04 bits per heavy atom. The molecule has 1 aromatic carbocycles. The zero-order valence-corrected chi connectivity index (χ0v) is 19.0. The molecule has 131 valence electrons. The number of sulfonamides is 1. The summed E-state index contributed by atoms with van der Waals surface area (Å²) >= 11 is 0. The fraction of sp³-hybridized carbons (Fsp3) is 0.556. The van der Waals surface area contributed by atoms with Gasteiger partial charge in [0.1, 0.15) is 5.75 Å². The minimum Gasteiger partial charge on any atom is -0.545 e. The first-order valence-corrected chi connectivity index (χ1v) is 9.29. The van der Waals surface area contributed by atoms with E-state index >= 15 is 0 Å². The van der Waals surface area contributed by atoms with Crippen molar-refractivity contribution >= 4 is 16.1 Å². The van der Waals surface area contributed by atoms with Crippen molar-refractivity contribution in [2.75, 3.05) is 6.54 Å². The van der Waals surface area contributed by atoms with Crippen molar-refractivity contribution in [2.45, 2.75) is 58.8 Å². The van der Waals surface area contributed by atoms with E-state index in [0.29, 0.717) is 23.6 Å². The first kappa shape index (κ1) is 21.8. The monoisotopic (exact) mass is 425 g/mol. The molecule has 0 spiro atoms. The number of benzene rings is 1. The van der Waals surface area contributed by atoms with Crippen LogP contribution in [0.3, 0.4) is 0 Å². The number of hydrogen-bond acceptors (Lipinski definition) is 3. The van der Waals surface area contributed by atoms with E-state index in [9.17, 15) is 13.5 Å². The number of rotatable bonds is 1. The largest absolute Gasteiger partial charge is 0.545 e. The number of phenolic OH excluding ortho intramolecular Hbond substituents is 1. The average Bonchev–Trinajstić information content (AvgIpc) is 2.68. The molecular weight excluding hydrogens is 399 g/mol. The summed E-state index contributed by atoms with van der Waals surface area (Å²) in [4.78, 5) is 0.350. The summed E-state index contributed by atoms with van der Waals surface area (Å²) in [6.45, 7) is 12.5. The molecule has 1 heterocycles. The predicted octanol–water partition coefficient (Wildman–Crippen LogP) is 4.43. The van der Waals surface area contributed by atoms with Gasteiger partial charge in [-0.3, -0.25) is 0 Å². The van der Waals surface area contributed by atoms with E-state index in [1.54, 1.807) is 6.08 Å². The summed E-state index contributed by atoms with van der Waals surface area (Å²) in [6, 6.07) is 3.76. The molecule has 1 aromatic rings. The Balaban J connectivity index is 0.00000288.